The number of aliphatic carboxylic acids is 1. The van der Waals surface area contributed by atoms with Crippen LogP contribution in [0.15, 0.2) is 18.2 Å². The number of ether oxygens (including phenoxy) is 1. The molecule has 0 aliphatic carbocycles. The van der Waals surface area contributed by atoms with Crippen LogP contribution in [-0.4, -0.2) is 22.1 Å². The van der Waals surface area contributed by atoms with E-state index in [4.69, 9.17) is 9.84 Å². The Kier molecular flexibility index (Phi) is 4.03. The molecule has 1 atom stereocenters. The maximum absolute atomic E-state index is 10.6. The van der Waals surface area contributed by atoms with E-state index in [2.05, 4.69) is 0 Å². The minimum Gasteiger partial charge on any atom is -0.490 e. The van der Waals surface area contributed by atoms with Gasteiger partial charge in [-0.1, -0.05) is 0 Å². The number of nitro benzene ring substituents is 1. The molecular formula is C11H13NO5. The molecule has 0 saturated heterocycles. The van der Waals surface area contributed by atoms with E-state index in [1.807, 2.05) is 0 Å². The van der Waals surface area contributed by atoms with Crippen molar-refractivity contribution in [2.24, 2.45) is 0 Å². The van der Waals surface area contributed by atoms with Crippen molar-refractivity contribution in [1.29, 1.82) is 0 Å². The van der Waals surface area contributed by atoms with Gasteiger partial charge in [0.05, 0.1) is 11.3 Å². The topological polar surface area (TPSA) is 89.7 Å². The monoisotopic (exact) mass is 239 g/mol. The van der Waals surface area contributed by atoms with E-state index in [0.717, 1.165) is 0 Å². The summed E-state index contributed by atoms with van der Waals surface area (Å²) in [6.45, 7) is 3.23. The van der Waals surface area contributed by atoms with Crippen molar-refractivity contribution in [2.45, 2.75) is 26.4 Å². The molecule has 17 heavy (non-hydrogen) atoms. The Bertz CT molecular complexity index is 443. The lowest BCUT2D eigenvalue weighted by atomic mass is 10.2. The fourth-order valence-corrected chi connectivity index (χ4v) is 1.43. The SMILES string of the molecule is Cc1cc(O[C@@H](C)CC(=O)O)ccc1[N+](=O)[O-]. The van der Waals surface area contributed by atoms with Gasteiger partial charge in [0.2, 0.25) is 0 Å². The van der Waals surface area contributed by atoms with Gasteiger partial charge in [0.15, 0.2) is 0 Å². The molecule has 1 N–H and O–H groups in total. The number of carbonyl (C=O) groups is 1. The second-order valence-corrected chi connectivity index (χ2v) is 3.73. The van der Waals surface area contributed by atoms with Gasteiger partial charge in [-0.2, -0.15) is 0 Å². The van der Waals surface area contributed by atoms with Crippen LogP contribution < -0.4 is 4.74 Å². The minimum atomic E-state index is -0.948. The van der Waals surface area contributed by atoms with E-state index < -0.39 is 17.0 Å². The van der Waals surface area contributed by atoms with Gasteiger partial charge in [-0.05, 0) is 26.0 Å². The number of carboxylic acids is 1. The summed E-state index contributed by atoms with van der Waals surface area (Å²) < 4.78 is 5.34. The van der Waals surface area contributed by atoms with Gasteiger partial charge in [0.1, 0.15) is 11.9 Å². The van der Waals surface area contributed by atoms with Crippen LogP contribution in [-0.2, 0) is 4.79 Å². The Balaban J connectivity index is 2.77. The van der Waals surface area contributed by atoms with E-state index in [0.29, 0.717) is 11.3 Å². The zero-order chi connectivity index (χ0) is 13.0. The van der Waals surface area contributed by atoms with Crippen molar-refractivity contribution >= 4 is 11.7 Å². The number of aryl methyl sites for hydroxylation is 1. The summed E-state index contributed by atoms with van der Waals surface area (Å²) in [5.74, 6) is -0.516. The summed E-state index contributed by atoms with van der Waals surface area (Å²) in [6, 6.07) is 4.33. The number of rotatable bonds is 5. The molecule has 1 rings (SSSR count). The van der Waals surface area contributed by atoms with E-state index in [-0.39, 0.29) is 12.1 Å². The summed E-state index contributed by atoms with van der Waals surface area (Å²) in [7, 11) is 0. The molecule has 1 aromatic rings. The number of nitrogens with zero attached hydrogens (tertiary/aromatic N) is 1. The van der Waals surface area contributed by atoms with Crippen molar-refractivity contribution in [3.8, 4) is 5.75 Å². The predicted molar refractivity (Wildman–Crippen MR) is 60.2 cm³/mol. The molecule has 0 radical (unpaired) electrons. The predicted octanol–water partition coefficient (Wildman–Crippen LogP) is 2.15. The van der Waals surface area contributed by atoms with Crippen molar-refractivity contribution in [3.63, 3.8) is 0 Å². The molecule has 1 aromatic carbocycles. The Morgan fingerprint density at radius 1 is 1.59 bits per heavy atom. The van der Waals surface area contributed by atoms with Crippen molar-refractivity contribution in [2.75, 3.05) is 0 Å². The Labute approximate surface area is 98.0 Å². The molecule has 6 nitrogen and oxygen atoms in total. The van der Waals surface area contributed by atoms with Crippen LogP contribution in [0.3, 0.4) is 0 Å². The van der Waals surface area contributed by atoms with E-state index in [1.54, 1.807) is 13.8 Å². The van der Waals surface area contributed by atoms with E-state index in [9.17, 15) is 14.9 Å². The molecule has 0 aromatic heterocycles. The Morgan fingerprint density at radius 3 is 2.71 bits per heavy atom. The molecule has 0 unspecified atom stereocenters. The number of hydrogen-bond donors (Lipinski definition) is 1. The Morgan fingerprint density at radius 2 is 2.24 bits per heavy atom. The third kappa shape index (κ3) is 3.75. The molecule has 0 bridgehead atoms. The van der Waals surface area contributed by atoms with Crippen molar-refractivity contribution < 1.29 is 19.6 Å². The van der Waals surface area contributed by atoms with Crippen LogP contribution in [0.2, 0.25) is 0 Å². The third-order valence-corrected chi connectivity index (χ3v) is 2.16. The number of benzene rings is 1. The summed E-state index contributed by atoms with van der Waals surface area (Å²) in [6.07, 6.45) is -0.593. The first-order chi connectivity index (χ1) is 7.90. The van der Waals surface area contributed by atoms with Crippen molar-refractivity contribution in [3.05, 3.63) is 33.9 Å². The maximum Gasteiger partial charge on any atom is 0.307 e. The van der Waals surface area contributed by atoms with Crippen LogP contribution in [0, 0.1) is 17.0 Å². The lowest BCUT2D eigenvalue weighted by Gasteiger charge is -2.12. The third-order valence-electron chi connectivity index (χ3n) is 2.16. The second kappa shape index (κ2) is 5.29. The van der Waals surface area contributed by atoms with Gasteiger partial charge in [-0.25, -0.2) is 0 Å². The van der Waals surface area contributed by atoms with Gasteiger partial charge >= 0.3 is 5.97 Å². The van der Waals surface area contributed by atoms with Crippen LogP contribution in [0.1, 0.15) is 18.9 Å². The second-order valence-electron chi connectivity index (χ2n) is 3.73. The highest BCUT2D eigenvalue weighted by atomic mass is 16.6. The first-order valence-electron chi connectivity index (χ1n) is 5.03. The molecule has 0 amide bonds. The van der Waals surface area contributed by atoms with E-state index >= 15 is 0 Å². The molecule has 0 saturated carbocycles. The molecule has 0 aliphatic heterocycles. The Hall–Kier alpha value is -2.11. The fourth-order valence-electron chi connectivity index (χ4n) is 1.43. The maximum atomic E-state index is 10.6. The van der Waals surface area contributed by atoms with Crippen LogP contribution in [0.25, 0.3) is 0 Å². The highest BCUT2D eigenvalue weighted by molar-refractivity contribution is 5.67. The molecule has 0 fully saturated rings. The van der Waals surface area contributed by atoms with Crippen LogP contribution >= 0.6 is 0 Å². The summed E-state index contributed by atoms with van der Waals surface area (Å²) in [5.41, 5.74) is 0.498. The molecule has 6 heteroatoms. The largest absolute Gasteiger partial charge is 0.490 e. The lowest BCUT2D eigenvalue weighted by Crippen LogP contribution is -2.16. The molecule has 0 aliphatic rings. The summed E-state index contributed by atoms with van der Waals surface area (Å²) in [4.78, 5) is 20.6. The number of carboxylic acid groups (broad SMARTS) is 1. The molecule has 0 heterocycles. The molecule has 0 spiro atoms. The average molecular weight is 239 g/mol. The average Bonchev–Trinajstić information content (AvgIpc) is 2.15. The molecule has 92 valence electrons. The van der Waals surface area contributed by atoms with Gasteiger partial charge in [0.25, 0.3) is 5.69 Å². The molecular weight excluding hydrogens is 226 g/mol. The van der Waals surface area contributed by atoms with Crippen LogP contribution in [0.4, 0.5) is 5.69 Å². The number of hydrogen-bond acceptors (Lipinski definition) is 4. The lowest BCUT2D eigenvalue weighted by molar-refractivity contribution is -0.385. The zero-order valence-corrected chi connectivity index (χ0v) is 9.54. The normalized spacial score (nSPS) is 11.9. The standard InChI is InChI=1S/C11H13NO5/c1-7-5-9(3-4-10(7)12(15)16)17-8(2)6-11(13)14/h3-5,8H,6H2,1-2H3,(H,13,14)/t8-/m0/s1. The van der Waals surface area contributed by atoms with Crippen molar-refractivity contribution in [1.82, 2.24) is 0 Å². The zero-order valence-electron chi connectivity index (χ0n) is 9.54. The summed E-state index contributed by atoms with van der Waals surface area (Å²) >= 11 is 0. The quantitative estimate of drug-likeness (QED) is 0.628. The highest BCUT2D eigenvalue weighted by Gasteiger charge is 2.13. The number of nitro groups is 1. The first kappa shape index (κ1) is 13.0. The smallest absolute Gasteiger partial charge is 0.307 e. The van der Waals surface area contributed by atoms with Gasteiger partial charge < -0.3 is 9.84 Å². The van der Waals surface area contributed by atoms with Gasteiger partial charge in [0, 0.05) is 11.6 Å². The fraction of sp³-hybridized carbons (Fsp3) is 0.364. The minimum absolute atomic E-state index is 0.0169. The summed E-state index contributed by atoms with van der Waals surface area (Å²) in [5, 5.41) is 19.2. The van der Waals surface area contributed by atoms with E-state index in [1.165, 1.54) is 18.2 Å². The van der Waals surface area contributed by atoms with Gasteiger partial charge in [-0.3, -0.25) is 14.9 Å². The van der Waals surface area contributed by atoms with Gasteiger partial charge in [-0.15, -0.1) is 0 Å². The van der Waals surface area contributed by atoms with Crippen LogP contribution in [0.5, 0.6) is 5.75 Å². The highest BCUT2D eigenvalue weighted by Crippen LogP contribution is 2.24. The first-order valence-corrected chi connectivity index (χ1v) is 5.03.